The number of amides is 1. The lowest BCUT2D eigenvalue weighted by Crippen LogP contribution is -2.48. The molecule has 1 aromatic rings. The number of likely N-dealkylation sites (tertiary alicyclic amines) is 1. The van der Waals surface area contributed by atoms with Gasteiger partial charge in [-0.25, -0.2) is 4.79 Å². The van der Waals surface area contributed by atoms with E-state index < -0.39 is 5.60 Å². The zero-order valence-corrected chi connectivity index (χ0v) is 13.4. The molecule has 1 aromatic carbocycles. The topological polar surface area (TPSA) is 61.8 Å². The molecule has 2 rings (SSSR count). The molecule has 0 saturated carbocycles. The fourth-order valence-electron chi connectivity index (χ4n) is 2.71. The van der Waals surface area contributed by atoms with Crippen LogP contribution in [0.1, 0.15) is 32.3 Å². The van der Waals surface area contributed by atoms with Crippen molar-refractivity contribution in [3.05, 3.63) is 35.9 Å². The van der Waals surface area contributed by atoms with Crippen molar-refractivity contribution in [1.29, 1.82) is 0 Å². The molecule has 1 fully saturated rings. The number of rotatable bonds is 5. The second kappa shape index (κ2) is 7.61. The standard InChI is InChI=1S/C17H26N2O3/c1-17(2,21)13-19-10-8-15(9-11-19)18-16(20)22-12-14-6-4-3-5-7-14/h3-7,15,21H,8-13H2,1-2H3,(H,18,20). The number of nitrogens with one attached hydrogen (secondary N) is 1. The van der Waals surface area contributed by atoms with E-state index in [2.05, 4.69) is 10.2 Å². The first-order chi connectivity index (χ1) is 10.4. The number of piperidine rings is 1. The van der Waals surface area contributed by atoms with E-state index in [1.54, 1.807) is 0 Å². The molecule has 0 radical (unpaired) electrons. The Bertz CT molecular complexity index is 463. The Kier molecular flexibility index (Phi) is 5.80. The van der Waals surface area contributed by atoms with Gasteiger partial charge in [-0.05, 0) is 32.3 Å². The molecule has 2 N–H and O–H groups in total. The molecule has 5 heteroatoms. The normalized spacial score (nSPS) is 17.2. The molecule has 1 saturated heterocycles. The van der Waals surface area contributed by atoms with E-state index >= 15 is 0 Å². The molecule has 5 nitrogen and oxygen atoms in total. The van der Waals surface area contributed by atoms with E-state index in [-0.39, 0.29) is 12.1 Å². The lowest BCUT2D eigenvalue weighted by atomic mass is 10.0. The smallest absolute Gasteiger partial charge is 0.407 e. The summed E-state index contributed by atoms with van der Waals surface area (Å²) in [6, 6.07) is 9.81. The van der Waals surface area contributed by atoms with Crippen molar-refractivity contribution in [2.24, 2.45) is 0 Å². The van der Waals surface area contributed by atoms with Crippen LogP contribution in [0.25, 0.3) is 0 Å². The SMILES string of the molecule is CC(C)(O)CN1CCC(NC(=O)OCc2ccccc2)CC1. The molecular formula is C17H26N2O3. The van der Waals surface area contributed by atoms with Gasteiger partial charge in [0.05, 0.1) is 5.60 Å². The second-order valence-corrected chi connectivity index (χ2v) is 6.57. The van der Waals surface area contributed by atoms with Crippen molar-refractivity contribution in [1.82, 2.24) is 10.2 Å². The Hall–Kier alpha value is -1.59. The maximum Gasteiger partial charge on any atom is 0.407 e. The maximum atomic E-state index is 11.8. The van der Waals surface area contributed by atoms with Gasteiger partial charge in [-0.1, -0.05) is 30.3 Å². The molecule has 0 unspecified atom stereocenters. The fraction of sp³-hybridized carbons (Fsp3) is 0.588. The Morgan fingerprint density at radius 1 is 1.32 bits per heavy atom. The Balaban J connectivity index is 1.66. The van der Waals surface area contributed by atoms with Gasteiger partial charge in [0.15, 0.2) is 0 Å². The van der Waals surface area contributed by atoms with E-state index in [0.29, 0.717) is 13.2 Å². The van der Waals surface area contributed by atoms with E-state index in [4.69, 9.17) is 4.74 Å². The Morgan fingerprint density at radius 3 is 2.55 bits per heavy atom. The molecular weight excluding hydrogens is 280 g/mol. The maximum absolute atomic E-state index is 11.8. The zero-order chi connectivity index (χ0) is 16.0. The number of nitrogens with zero attached hydrogens (tertiary/aromatic N) is 1. The summed E-state index contributed by atoms with van der Waals surface area (Å²) in [5.74, 6) is 0. The highest BCUT2D eigenvalue weighted by molar-refractivity contribution is 5.67. The molecule has 1 heterocycles. The summed E-state index contributed by atoms with van der Waals surface area (Å²) in [6.07, 6.45) is 1.41. The summed E-state index contributed by atoms with van der Waals surface area (Å²) < 4.78 is 5.23. The van der Waals surface area contributed by atoms with Crippen LogP contribution in [0.4, 0.5) is 4.79 Å². The molecule has 0 atom stereocenters. The van der Waals surface area contributed by atoms with Crippen LogP contribution in [0.2, 0.25) is 0 Å². The van der Waals surface area contributed by atoms with Gasteiger partial charge in [0, 0.05) is 25.7 Å². The summed E-state index contributed by atoms with van der Waals surface area (Å²) >= 11 is 0. The van der Waals surface area contributed by atoms with Crippen LogP contribution in [0.3, 0.4) is 0 Å². The quantitative estimate of drug-likeness (QED) is 0.875. The minimum atomic E-state index is -0.672. The number of aliphatic hydroxyl groups is 1. The van der Waals surface area contributed by atoms with Crippen LogP contribution >= 0.6 is 0 Å². The highest BCUT2D eigenvalue weighted by atomic mass is 16.5. The van der Waals surface area contributed by atoms with E-state index in [1.165, 1.54) is 0 Å². The first-order valence-corrected chi connectivity index (χ1v) is 7.84. The van der Waals surface area contributed by atoms with E-state index in [0.717, 1.165) is 31.5 Å². The average molecular weight is 306 g/mol. The van der Waals surface area contributed by atoms with Gasteiger partial charge in [0.2, 0.25) is 0 Å². The van der Waals surface area contributed by atoms with E-state index in [1.807, 2.05) is 44.2 Å². The Labute approximate surface area is 132 Å². The molecule has 1 amide bonds. The van der Waals surface area contributed by atoms with Crippen molar-refractivity contribution >= 4 is 6.09 Å². The summed E-state index contributed by atoms with van der Waals surface area (Å²) in [5.41, 5.74) is 0.312. The van der Waals surface area contributed by atoms with Crippen LogP contribution in [-0.4, -0.2) is 47.4 Å². The number of carbonyl (C=O) groups is 1. The molecule has 22 heavy (non-hydrogen) atoms. The largest absolute Gasteiger partial charge is 0.445 e. The number of carbonyl (C=O) groups excluding carboxylic acids is 1. The van der Waals surface area contributed by atoms with Gasteiger partial charge in [-0.3, -0.25) is 0 Å². The average Bonchev–Trinajstić information content (AvgIpc) is 2.47. The van der Waals surface area contributed by atoms with Crippen LogP contribution in [0.5, 0.6) is 0 Å². The van der Waals surface area contributed by atoms with Crippen LogP contribution in [0, 0.1) is 0 Å². The minimum Gasteiger partial charge on any atom is -0.445 e. The van der Waals surface area contributed by atoms with Gasteiger partial charge < -0.3 is 20.1 Å². The number of β-amino-alcohol motifs (C(OH)–C–C–N with tert-alkyl or cyclic N) is 1. The fourth-order valence-corrected chi connectivity index (χ4v) is 2.71. The molecule has 0 spiro atoms. The molecule has 1 aliphatic heterocycles. The summed E-state index contributed by atoms with van der Waals surface area (Å²) in [7, 11) is 0. The van der Waals surface area contributed by atoms with Crippen molar-refractivity contribution < 1.29 is 14.6 Å². The lowest BCUT2D eigenvalue weighted by molar-refractivity contribution is 0.0265. The number of benzene rings is 1. The van der Waals surface area contributed by atoms with Gasteiger partial charge in [0.25, 0.3) is 0 Å². The first-order valence-electron chi connectivity index (χ1n) is 7.84. The molecule has 0 bridgehead atoms. The number of ether oxygens (including phenoxy) is 1. The highest BCUT2D eigenvalue weighted by Gasteiger charge is 2.24. The number of alkyl carbamates (subject to hydrolysis) is 1. The summed E-state index contributed by atoms with van der Waals surface area (Å²) in [6.45, 7) is 6.36. The third kappa shape index (κ3) is 6.03. The van der Waals surface area contributed by atoms with Crippen molar-refractivity contribution in [3.8, 4) is 0 Å². The first kappa shape index (κ1) is 16.8. The molecule has 0 aromatic heterocycles. The third-order valence-corrected chi connectivity index (χ3v) is 3.73. The number of hydrogen-bond acceptors (Lipinski definition) is 4. The highest BCUT2D eigenvalue weighted by Crippen LogP contribution is 2.14. The second-order valence-electron chi connectivity index (χ2n) is 6.57. The van der Waals surface area contributed by atoms with Gasteiger partial charge >= 0.3 is 6.09 Å². The molecule has 0 aliphatic carbocycles. The molecule has 122 valence electrons. The summed E-state index contributed by atoms with van der Waals surface area (Å²) in [5, 5.41) is 12.8. The third-order valence-electron chi connectivity index (χ3n) is 3.73. The van der Waals surface area contributed by atoms with Crippen molar-refractivity contribution in [3.63, 3.8) is 0 Å². The minimum absolute atomic E-state index is 0.154. The zero-order valence-electron chi connectivity index (χ0n) is 13.4. The summed E-state index contributed by atoms with van der Waals surface area (Å²) in [4.78, 5) is 14.0. The van der Waals surface area contributed by atoms with E-state index in [9.17, 15) is 9.90 Å². The monoisotopic (exact) mass is 306 g/mol. The Morgan fingerprint density at radius 2 is 1.95 bits per heavy atom. The van der Waals surface area contributed by atoms with Gasteiger partial charge in [-0.2, -0.15) is 0 Å². The molecule has 1 aliphatic rings. The lowest BCUT2D eigenvalue weighted by Gasteiger charge is -2.35. The predicted molar refractivity (Wildman–Crippen MR) is 85.5 cm³/mol. The van der Waals surface area contributed by atoms with Crippen LogP contribution < -0.4 is 5.32 Å². The van der Waals surface area contributed by atoms with Crippen LogP contribution in [0.15, 0.2) is 30.3 Å². The van der Waals surface area contributed by atoms with Gasteiger partial charge in [0.1, 0.15) is 6.61 Å². The van der Waals surface area contributed by atoms with Crippen LogP contribution in [-0.2, 0) is 11.3 Å². The van der Waals surface area contributed by atoms with Crippen molar-refractivity contribution in [2.75, 3.05) is 19.6 Å². The van der Waals surface area contributed by atoms with Gasteiger partial charge in [-0.15, -0.1) is 0 Å². The van der Waals surface area contributed by atoms with Crippen molar-refractivity contribution in [2.45, 2.75) is 44.9 Å². The number of hydrogen-bond donors (Lipinski definition) is 2. The predicted octanol–water partition coefficient (Wildman–Crippen LogP) is 2.15.